The molecule has 0 unspecified atom stereocenters. The maximum Gasteiger partial charge on any atom is 0.151 e. The third kappa shape index (κ3) is 1.48. The van der Waals surface area contributed by atoms with Gasteiger partial charge in [-0.3, -0.25) is 5.10 Å². The van der Waals surface area contributed by atoms with Crippen molar-refractivity contribution in [3.05, 3.63) is 29.3 Å². The molecule has 3 rings (SSSR count). The number of nitrogens with one attached hydrogen (secondary N) is 2. The van der Waals surface area contributed by atoms with Gasteiger partial charge in [0.2, 0.25) is 0 Å². The van der Waals surface area contributed by atoms with Crippen LogP contribution >= 0.6 is 0 Å². The molecule has 0 atom stereocenters. The van der Waals surface area contributed by atoms with Crippen molar-refractivity contribution in [2.45, 2.75) is 13.3 Å². The zero-order valence-electron chi connectivity index (χ0n) is 10.0. The average Bonchev–Trinajstić information content (AvgIpc) is 2.89. The first-order valence-corrected chi connectivity index (χ1v) is 5.82. The zero-order valence-corrected chi connectivity index (χ0v) is 10.0. The molecule has 17 heavy (non-hydrogen) atoms. The van der Waals surface area contributed by atoms with Crippen LogP contribution in [-0.2, 0) is 6.42 Å². The number of hydrogen-bond donors (Lipinski definition) is 2. The topological polar surface area (TPSA) is 49.9 Å². The maximum absolute atomic E-state index is 5.26. The quantitative estimate of drug-likeness (QED) is 0.725. The number of H-pyrrole nitrogens is 1. The number of aromatic amines is 1. The summed E-state index contributed by atoms with van der Waals surface area (Å²) in [5.74, 6) is 1.86. The molecule has 0 radical (unpaired) electrons. The summed E-state index contributed by atoms with van der Waals surface area (Å²) in [6.45, 7) is 2.96. The molecule has 0 saturated heterocycles. The minimum Gasteiger partial charge on any atom is -0.497 e. The fourth-order valence-corrected chi connectivity index (χ4v) is 2.33. The highest BCUT2D eigenvalue weighted by molar-refractivity contribution is 5.79. The van der Waals surface area contributed by atoms with Crippen molar-refractivity contribution < 1.29 is 4.74 Å². The third-order valence-electron chi connectivity index (χ3n) is 3.16. The van der Waals surface area contributed by atoms with Crippen molar-refractivity contribution in [2.24, 2.45) is 0 Å². The Morgan fingerprint density at radius 1 is 1.47 bits per heavy atom. The lowest BCUT2D eigenvalue weighted by Crippen LogP contribution is -1.99. The Balaban J connectivity index is 2.07. The summed E-state index contributed by atoms with van der Waals surface area (Å²) >= 11 is 0. The number of anilines is 1. The third-order valence-corrected chi connectivity index (χ3v) is 3.16. The molecule has 0 aliphatic heterocycles. The molecule has 2 aromatic rings. The molecular weight excluding hydrogens is 214 g/mol. The molecule has 1 aromatic carbocycles. The molecule has 1 heterocycles. The van der Waals surface area contributed by atoms with Crippen LogP contribution in [0.3, 0.4) is 0 Å². The lowest BCUT2D eigenvalue weighted by atomic mass is 10.1. The van der Waals surface area contributed by atoms with E-state index in [9.17, 15) is 0 Å². The van der Waals surface area contributed by atoms with Gasteiger partial charge in [-0.2, -0.15) is 5.10 Å². The molecule has 0 amide bonds. The van der Waals surface area contributed by atoms with Gasteiger partial charge < -0.3 is 10.1 Å². The molecule has 4 heteroatoms. The fourth-order valence-electron chi connectivity index (χ4n) is 2.33. The van der Waals surface area contributed by atoms with Gasteiger partial charge in [0.1, 0.15) is 5.75 Å². The Kier molecular flexibility index (Phi) is 2.28. The van der Waals surface area contributed by atoms with Crippen molar-refractivity contribution in [1.82, 2.24) is 10.2 Å². The van der Waals surface area contributed by atoms with Crippen molar-refractivity contribution in [3.63, 3.8) is 0 Å². The molecule has 4 nitrogen and oxygen atoms in total. The number of methoxy groups -OCH3 is 1. The van der Waals surface area contributed by atoms with Gasteiger partial charge in [-0.15, -0.1) is 0 Å². The van der Waals surface area contributed by atoms with E-state index in [0.29, 0.717) is 0 Å². The van der Waals surface area contributed by atoms with Crippen molar-refractivity contribution >= 4 is 5.82 Å². The predicted octanol–water partition coefficient (Wildman–Crippen LogP) is 2.42. The minimum absolute atomic E-state index is 0.885. The molecule has 1 aliphatic carbocycles. The van der Waals surface area contributed by atoms with Crippen molar-refractivity contribution in [1.29, 1.82) is 0 Å². The minimum atomic E-state index is 0.885. The summed E-state index contributed by atoms with van der Waals surface area (Å²) in [7, 11) is 1.69. The van der Waals surface area contributed by atoms with Gasteiger partial charge in [0.15, 0.2) is 5.82 Å². The van der Waals surface area contributed by atoms with Gasteiger partial charge in [0, 0.05) is 24.1 Å². The van der Waals surface area contributed by atoms with E-state index < -0.39 is 0 Å². The van der Waals surface area contributed by atoms with Gasteiger partial charge in [0.05, 0.1) is 12.8 Å². The van der Waals surface area contributed by atoms with Gasteiger partial charge in [-0.25, -0.2) is 0 Å². The standard InChI is InChI=1S/C13H15N3O/c1-3-14-13-11-6-8-4-5-9(17-2)7-10(8)12(11)15-16-13/h4-5,7H,3,6H2,1-2H3,(H2,14,15,16). The first-order valence-electron chi connectivity index (χ1n) is 5.82. The van der Waals surface area contributed by atoms with Crippen LogP contribution in [0.15, 0.2) is 18.2 Å². The van der Waals surface area contributed by atoms with Crippen LogP contribution in [0.4, 0.5) is 5.82 Å². The van der Waals surface area contributed by atoms with Gasteiger partial charge in [-0.05, 0) is 24.6 Å². The number of fused-ring (bicyclic) bond motifs is 3. The number of benzene rings is 1. The van der Waals surface area contributed by atoms with Gasteiger partial charge in [0.25, 0.3) is 0 Å². The second-order valence-corrected chi connectivity index (χ2v) is 4.16. The molecular formula is C13H15N3O. The summed E-state index contributed by atoms with van der Waals surface area (Å²) in [6.07, 6.45) is 0.938. The monoisotopic (exact) mass is 229 g/mol. The number of ether oxygens (including phenoxy) is 1. The molecule has 0 spiro atoms. The van der Waals surface area contributed by atoms with E-state index >= 15 is 0 Å². The summed E-state index contributed by atoms with van der Waals surface area (Å²) in [6, 6.07) is 6.19. The van der Waals surface area contributed by atoms with E-state index in [2.05, 4.69) is 34.6 Å². The summed E-state index contributed by atoms with van der Waals surface area (Å²) < 4.78 is 5.26. The lowest BCUT2D eigenvalue weighted by molar-refractivity contribution is 0.415. The number of rotatable bonds is 3. The van der Waals surface area contributed by atoms with Crippen LogP contribution in [0.1, 0.15) is 18.1 Å². The van der Waals surface area contributed by atoms with Crippen molar-refractivity contribution in [3.8, 4) is 17.0 Å². The fraction of sp³-hybridized carbons (Fsp3) is 0.308. The number of nitrogens with zero attached hydrogens (tertiary/aromatic N) is 1. The smallest absolute Gasteiger partial charge is 0.151 e. The molecule has 1 aliphatic rings. The van der Waals surface area contributed by atoms with Crippen LogP contribution in [0.2, 0.25) is 0 Å². The van der Waals surface area contributed by atoms with Crippen LogP contribution in [0, 0.1) is 0 Å². The van der Waals surface area contributed by atoms with Crippen LogP contribution in [0.5, 0.6) is 5.75 Å². The molecule has 0 fully saturated rings. The van der Waals surface area contributed by atoms with E-state index in [4.69, 9.17) is 4.74 Å². The Hall–Kier alpha value is -1.97. The van der Waals surface area contributed by atoms with Crippen LogP contribution < -0.4 is 10.1 Å². The number of aromatic nitrogens is 2. The maximum atomic E-state index is 5.26. The summed E-state index contributed by atoms with van der Waals surface area (Å²) in [5, 5.41) is 10.7. The highest BCUT2D eigenvalue weighted by Gasteiger charge is 2.24. The Bertz CT molecular complexity index is 560. The number of hydrogen-bond acceptors (Lipinski definition) is 3. The lowest BCUT2D eigenvalue weighted by Gasteiger charge is -2.03. The predicted molar refractivity (Wildman–Crippen MR) is 67.5 cm³/mol. The Morgan fingerprint density at radius 3 is 3.12 bits per heavy atom. The Labute approximate surface area is 100 Å². The van der Waals surface area contributed by atoms with E-state index in [1.54, 1.807) is 7.11 Å². The first-order chi connectivity index (χ1) is 8.33. The van der Waals surface area contributed by atoms with E-state index in [1.807, 2.05) is 6.07 Å². The molecule has 2 N–H and O–H groups in total. The van der Waals surface area contributed by atoms with Crippen LogP contribution in [-0.4, -0.2) is 23.9 Å². The van der Waals surface area contributed by atoms with E-state index in [1.165, 1.54) is 16.7 Å². The second-order valence-electron chi connectivity index (χ2n) is 4.16. The average molecular weight is 229 g/mol. The van der Waals surface area contributed by atoms with Gasteiger partial charge >= 0.3 is 0 Å². The molecule has 1 aromatic heterocycles. The highest BCUT2D eigenvalue weighted by atomic mass is 16.5. The molecule has 0 saturated carbocycles. The van der Waals surface area contributed by atoms with Crippen molar-refractivity contribution in [2.75, 3.05) is 19.0 Å². The largest absolute Gasteiger partial charge is 0.497 e. The summed E-state index contributed by atoms with van der Waals surface area (Å²) in [4.78, 5) is 0. The Morgan fingerprint density at radius 2 is 2.35 bits per heavy atom. The zero-order chi connectivity index (χ0) is 11.8. The van der Waals surface area contributed by atoms with Gasteiger partial charge in [-0.1, -0.05) is 6.07 Å². The van der Waals surface area contributed by atoms with Crippen LogP contribution in [0.25, 0.3) is 11.3 Å². The molecule has 0 bridgehead atoms. The second kappa shape index (κ2) is 3.80. The summed E-state index contributed by atoms with van der Waals surface area (Å²) in [5.41, 5.74) is 4.91. The highest BCUT2D eigenvalue weighted by Crippen LogP contribution is 2.40. The van der Waals surface area contributed by atoms with E-state index in [-0.39, 0.29) is 0 Å². The first kappa shape index (κ1) is 10.2. The van der Waals surface area contributed by atoms with E-state index in [0.717, 1.165) is 30.2 Å². The SMILES string of the molecule is CCNc1n[nH]c2c1Cc1ccc(OC)cc1-2. The normalized spacial score (nSPS) is 12.1. The molecule has 88 valence electrons.